The fraction of sp³-hybridized carbons (Fsp3) is 0.429. The number of likely N-dealkylation sites (tertiary alicyclic amines) is 1. The highest BCUT2D eigenvalue weighted by Gasteiger charge is 2.21. The number of hydrogen-bond donors (Lipinski definition) is 1. The molecule has 1 aliphatic rings. The lowest BCUT2D eigenvalue weighted by atomic mass is 10.1. The number of amides is 1. The van der Waals surface area contributed by atoms with Crippen molar-refractivity contribution in [3.05, 3.63) is 57.8 Å². The molecule has 0 unspecified atom stereocenters. The van der Waals surface area contributed by atoms with Crippen molar-refractivity contribution in [2.45, 2.75) is 32.5 Å². The van der Waals surface area contributed by atoms with E-state index in [4.69, 9.17) is 0 Å². The summed E-state index contributed by atoms with van der Waals surface area (Å²) in [6, 6.07) is 10.4. The molecule has 1 fully saturated rings. The zero-order chi connectivity index (χ0) is 20.1. The van der Waals surface area contributed by atoms with Gasteiger partial charge in [-0.05, 0) is 39.5 Å². The molecule has 7 heteroatoms. The average molecular weight is 446 g/mol. The van der Waals surface area contributed by atoms with Crippen molar-refractivity contribution in [1.29, 1.82) is 0 Å². The first-order valence-electron chi connectivity index (χ1n) is 9.55. The highest BCUT2D eigenvalue weighted by Crippen LogP contribution is 2.18. The summed E-state index contributed by atoms with van der Waals surface area (Å²) in [5.74, 6) is 1.09. The van der Waals surface area contributed by atoms with Crippen LogP contribution in [-0.4, -0.2) is 46.9 Å². The fourth-order valence-electron chi connectivity index (χ4n) is 3.56. The number of carbonyl (C=O) groups is 1. The summed E-state index contributed by atoms with van der Waals surface area (Å²) in [4.78, 5) is 20.5. The topological polar surface area (TPSA) is 52.9 Å². The number of hydrogen-bond acceptors (Lipinski definition) is 2. The third-order valence-electron chi connectivity index (χ3n) is 5.13. The Kier molecular flexibility index (Phi) is 6.78. The standard InChI is InChI=1S/C21H28BrN5O/c1-23-21(26(3)15-19-11-18(22)14-25(19)2)24-12-16-7-4-5-8-17(16)13-27-10-6-9-20(27)28/h4-5,7-8,11,14H,6,9-10,12-13,15H2,1-3H3,(H,23,24). The number of halogens is 1. The molecule has 0 spiro atoms. The first kappa shape index (κ1) is 20.5. The molecule has 0 saturated carbocycles. The minimum Gasteiger partial charge on any atom is -0.352 e. The van der Waals surface area contributed by atoms with Crippen LogP contribution >= 0.6 is 15.9 Å². The van der Waals surface area contributed by atoms with Gasteiger partial charge in [0.2, 0.25) is 5.91 Å². The lowest BCUT2D eigenvalue weighted by Crippen LogP contribution is -2.38. The summed E-state index contributed by atoms with van der Waals surface area (Å²) in [6.07, 6.45) is 3.69. The van der Waals surface area contributed by atoms with Crippen LogP contribution in [0.3, 0.4) is 0 Å². The molecule has 1 aromatic heterocycles. The Morgan fingerprint density at radius 1 is 1.32 bits per heavy atom. The van der Waals surface area contributed by atoms with Gasteiger partial charge in [0.15, 0.2) is 5.96 Å². The maximum Gasteiger partial charge on any atom is 0.222 e. The summed E-state index contributed by atoms with van der Waals surface area (Å²) < 4.78 is 3.18. The zero-order valence-corrected chi connectivity index (χ0v) is 18.4. The lowest BCUT2D eigenvalue weighted by Gasteiger charge is -2.23. The van der Waals surface area contributed by atoms with Crippen LogP contribution in [0, 0.1) is 0 Å². The fourth-order valence-corrected chi connectivity index (χ4v) is 4.13. The van der Waals surface area contributed by atoms with E-state index in [2.05, 4.69) is 60.1 Å². The van der Waals surface area contributed by atoms with E-state index in [1.165, 1.54) is 16.8 Å². The molecule has 6 nitrogen and oxygen atoms in total. The number of carbonyl (C=O) groups excluding carboxylic acids is 1. The number of benzene rings is 1. The Morgan fingerprint density at radius 3 is 2.68 bits per heavy atom. The van der Waals surface area contributed by atoms with E-state index in [0.29, 0.717) is 19.5 Å². The van der Waals surface area contributed by atoms with Crippen molar-refractivity contribution in [2.75, 3.05) is 20.6 Å². The average Bonchev–Trinajstić information content (AvgIpc) is 3.21. The molecular weight excluding hydrogens is 418 g/mol. The quantitative estimate of drug-likeness (QED) is 0.548. The van der Waals surface area contributed by atoms with Gasteiger partial charge in [-0.3, -0.25) is 9.79 Å². The molecule has 1 N–H and O–H groups in total. The van der Waals surface area contributed by atoms with Crippen LogP contribution in [-0.2, 0) is 31.5 Å². The molecule has 28 heavy (non-hydrogen) atoms. The maximum absolute atomic E-state index is 12.0. The van der Waals surface area contributed by atoms with Gasteiger partial charge in [-0.15, -0.1) is 0 Å². The number of nitrogens with zero attached hydrogens (tertiary/aromatic N) is 4. The zero-order valence-electron chi connectivity index (χ0n) is 16.8. The summed E-state index contributed by atoms with van der Waals surface area (Å²) in [5, 5.41) is 3.46. The summed E-state index contributed by atoms with van der Waals surface area (Å²) in [7, 11) is 5.87. The van der Waals surface area contributed by atoms with Gasteiger partial charge >= 0.3 is 0 Å². The first-order chi connectivity index (χ1) is 13.5. The van der Waals surface area contributed by atoms with Crippen molar-refractivity contribution in [3.8, 4) is 0 Å². The number of aryl methyl sites for hydroxylation is 1. The van der Waals surface area contributed by atoms with Gasteiger partial charge < -0.3 is 19.7 Å². The Bertz CT molecular complexity index is 860. The molecule has 1 aromatic carbocycles. The second-order valence-electron chi connectivity index (χ2n) is 7.20. The third kappa shape index (κ3) is 4.95. The van der Waals surface area contributed by atoms with Gasteiger partial charge in [-0.25, -0.2) is 0 Å². The van der Waals surface area contributed by atoms with E-state index in [1.54, 1.807) is 7.05 Å². The Hall–Kier alpha value is -2.28. The second kappa shape index (κ2) is 9.28. The van der Waals surface area contributed by atoms with E-state index in [-0.39, 0.29) is 5.91 Å². The molecule has 1 aliphatic heterocycles. The molecule has 150 valence electrons. The van der Waals surface area contributed by atoms with Crippen molar-refractivity contribution in [3.63, 3.8) is 0 Å². The van der Waals surface area contributed by atoms with Crippen LogP contribution in [0.1, 0.15) is 29.7 Å². The molecule has 1 amide bonds. The smallest absolute Gasteiger partial charge is 0.222 e. The summed E-state index contributed by atoms with van der Waals surface area (Å²) in [5.41, 5.74) is 3.58. The Balaban J connectivity index is 1.63. The van der Waals surface area contributed by atoms with E-state index >= 15 is 0 Å². The van der Waals surface area contributed by atoms with Gasteiger partial charge in [0.1, 0.15) is 0 Å². The number of nitrogens with one attached hydrogen (secondary N) is 1. The maximum atomic E-state index is 12.0. The SMILES string of the molecule is CN=C(NCc1ccccc1CN1CCCC1=O)N(C)Cc1cc(Br)cn1C. The minimum atomic E-state index is 0.257. The van der Waals surface area contributed by atoms with Crippen molar-refractivity contribution in [1.82, 2.24) is 19.7 Å². The highest BCUT2D eigenvalue weighted by molar-refractivity contribution is 9.10. The molecule has 0 radical (unpaired) electrons. The van der Waals surface area contributed by atoms with E-state index in [1.807, 2.05) is 31.1 Å². The van der Waals surface area contributed by atoms with Crippen LogP contribution in [0.2, 0.25) is 0 Å². The Morgan fingerprint density at radius 2 is 2.07 bits per heavy atom. The van der Waals surface area contributed by atoms with Crippen molar-refractivity contribution < 1.29 is 4.79 Å². The van der Waals surface area contributed by atoms with Gasteiger partial charge in [-0.2, -0.15) is 0 Å². The first-order valence-corrected chi connectivity index (χ1v) is 10.3. The normalized spacial score (nSPS) is 14.6. The molecule has 2 aromatic rings. The van der Waals surface area contributed by atoms with Crippen molar-refractivity contribution >= 4 is 27.8 Å². The van der Waals surface area contributed by atoms with Gasteiger partial charge in [0.25, 0.3) is 0 Å². The summed E-state index contributed by atoms with van der Waals surface area (Å²) >= 11 is 3.52. The molecular formula is C21H28BrN5O. The van der Waals surface area contributed by atoms with Crippen LogP contribution in [0.15, 0.2) is 46.0 Å². The van der Waals surface area contributed by atoms with Crippen LogP contribution in [0.4, 0.5) is 0 Å². The van der Waals surface area contributed by atoms with Crippen LogP contribution in [0.25, 0.3) is 0 Å². The van der Waals surface area contributed by atoms with Gasteiger partial charge in [0.05, 0.1) is 6.54 Å². The minimum absolute atomic E-state index is 0.257. The van der Waals surface area contributed by atoms with Crippen molar-refractivity contribution in [2.24, 2.45) is 12.0 Å². The Labute approximate surface area is 175 Å². The third-order valence-corrected chi connectivity index (χ3v) is 5.57. The number of aromatic nitrogens is 1. The largest absolute Gasteiger partial charge is 0.352 e. The predicted molar refractivity (Wildman–Crippen MR) is 116 cm³/mol. The van der Waals surface area contributed by atoms with Gasteiger partial charge in [0, 0.05) is 63.6 Å². The second-order valence-corrected chi connectivity index (χ2v) is 8.12. The summed E-state index contributed by atoms with van der Waals surface area (Å²) in [6.45, 7) is 2.97. The number of guanidine groups is 1. The molecule has 0 bridgehead atoms. The lowest BCUT2D eigenvalue weighted by molar-refractivity contribution is -0.128. The van der Waals surface area contributed by atoms with Crippen LogP contribution < -0.4 is 5.32 Å². The van der Waals surface area contributed by atoms with E-state index in [0.717, 1.165) is 29.9 Å². The van der Waals surface area contributed by atoms with E-state index in [9.17, 15) is 4.79 Å². The van der Waals surface area contributed by atoms with Gasteiger partial charge in [-0.1, -0.05) is 24.3 Å². The predicted octanol–water partition coefficient (Wildman–Crippen LogP) is 3.12. The molecule has 0 atom stereocenters. The monoisotopic (exact) mass is 445 g/mol. The molecule has 3 rings (SSSR count). The highest BCUT2D eigenvalue weighted by atomic mass is 79.9. The van der Waals surface area contributed by atoms with E-state index < -0.39 is 0 Å². The molecule has 0 aliphatic carbocycles. The number of aliphatic imine (C=N–C) groups is 1. The number of rotatable bonds is 6. The van der Waals surface area contributed by atoms with Crippen LogP contribution in [0.5, 0.6) is 0 Å². The molecule has 1 saturated heterocycles. The molecule has 2 heterocycles.